The van der Waals surface area contributed by atoms with E-state index in [0.717, 1.165) is 109 Å². The second-order valence-electron chi connectivity index (χ2n) is 22.0. The number of rotatable bonds is 60. The van der Waals surface area contributed by atoms with E-state index in [4.69, 9.17) is 14.2 Å². The second-order valence-corrected chi connectivity index (χ2v) is 22.0. The van der Waals surface area contributed by atoms with Crippen molar-refractivity contribution in [2.75, 3.05) is 13.2 Å². The lowest BCUT2D eigenvalue weighted by atomic mass is 10.0. The molecule has 0 bridgehead atoms. The van der Waals surface area contributed by atoms with Crippen LogP contribution in [0, 0.1) is 0 Å². The summed E-state index contributed by atoms with van der Waals surface area (Å²) in [5, 5.41) is 0. The highest BCUT2D eigenvalue weighted by atomic mass is 16.6. The van der Waals surface area contributed by atoms with Gasteiger partial charge in [0, 0.05) is 19.3 Å². The van der Waals surface area contributed by atoms with Gasteiger partial charge in [-0.1, -0.05) is 286 Å². The van der Waals surface area contributed by atoms with Gasteiger partial charge in [-0.2, -0.15) is 0 Å². The maximum atomic E-state index is 12.9. The molecule has 0 fully saturated rings. The van der Waals surface area contributed by atoms with E-state index in [9.17, 15) is 14.4 Å². The highest BCUT2D eigenvalue weighted by Gasteiger charge is 2.19. The molecule has 0 rings (SSSR count). The summed E-state index contributed by atoms with van der Waals surface area (Å²) in [6, 6.07) is 0. The smallest absolute Gasteiger partial charge is 0.306 e. The predicted octanol–water partition coefficient (Wildman–Crippen LogP) is 22.7. The van der Waals surface area contributed by atoms with Gasteiger partial charge in [-0.25, -0.2) is 0 Å². The van der Waals surface area contributed by atoms with Crippen LogP contribution in [0.3, 0.4) is 0 Å². The van der Waals surface area contributed by atoms with Crippen molar-refractivity contribution in [2.45, 2.75) is 335 Å². The van der Waals surface area contributed by atoms with E-state index >= 15 is 0 Å². The molecular weight excluding hydrogens is 949 g/mol. The Morgan fingerprint density at radius 2 is 0.532 bits per heavy atom. The fraction of sp³-hybridized carbons (Fsp3) is 0.761. The normalized spacial score (nSPS) is 12.6. The second kappa shape index (κ2) is 65.1. The minimum atomic E-state index is -0.784. The third-order valence-electron chi connectivity index (χ3n) is 14.3. The topological polar surface area (TPSA) is 78.9 Å². The quantitative estimate of drug-likeness (QED) is 0.0261. The zero-order valence-corrected chi connectivity index (χ0v) is 51.0. The van der Waals surface area contributed by atoms with Crippen LogP contribution in [0.1, 0.15) is 329 Å². The summed E-state index contributed by atoms with van der Waals surface area (Å²) >= 11 is 0. The zero-order chi connectivity index (χ0) is 55.7. The molecule has 0 aliphatic heterocycles. The molecule has 0 amide bonds. The molecule has 77 heavy (non-hydrogen) atoms. The summed E-state index contributed by atoms with van der Waals surface area (Å²) in [5.74, 6) is -0.885. The number of allylic oxidation sites excluding steroid dienone is 14. The Kier molecular flexibility index (Phi) is 62.2. The first-order valence-electron chi connectivity index (χ1n) is 33.1. The first-order chi connectivity index (χ1) is 38.0. The van der Waals surface area contributed by atoms with Crippen LogP contribution >= 0.6 is 0 Å². The van der Waals surface area contributed by atoms with E-state index in [1.54, 1.807) is 0 Å². The van der Waals surface area contributed by atoms with Gasteiger partial charge in [-0.05, 0) is 109 Å². The molecule has 444 valence electrons. The summed E-state index contributed by atoms with van der Waals surface area (Å²) < 4.78 is 16.9. The lowest BCUT2D eigenvalue weighted by Crippen LogP contribution is -2.30. The average molecular weight is 1070 g/mol. The van der Waals surface area contributed by atoms with Crippen molar-refractivity contribution < 1.29 is 28.6 Å². The minimum Gasteiger partial charge on any atom is -0.462 e. The Hall–Kier alpha value is -3.41. The molecule has 0 heterocycles. The van der Waals surface area contributed by atoms with Gasteiger partial charge in [0.15, 0.2) is 6.10 Å². The van der Waals surface area contributed by atoms with Crippen LogP contribution in [-0.2, 0) is 28.6 Å². The van der Waals surface area contributed by atoms with E-state index in [1.807, 2.05) is 0 Å². The number of ether oxygens (including phenoxy) is 3. The minimum absolute atomic E-state index is 0.0800. The largest absolute Gasteiger partial charge is 0.462 e. The lowest BCUT2D eigenvalue weighted by molar-refractivity contribution is -0.167. The van der Waals surface area contributed by atoms with E-state index in [1.165, 1.54) is 180 Å². The molecule has 1 atom stereocenters. The van der Waals surface area contributed by atoms with Crippen LogP contribution in [0.25, 0.3) is 0 Å². The number of hydrogen-bond acceptors (Lipinski definition) is 6. The van der Waals surface area contributed by atoms with Gasteiger partial charge in [0.05, 0.1) is 0 Å². The van der Waals surface area contributed by atoms with Crippen molar-refractivity contribution in [3.8, 4) is 0 Å². The zero-order valence-electron chi connectivity index (χ0n) is 51.0. The molecule has 0 aliphatic rings. The van der Waals surface area contributed by atoms with Crippen LogP contribution in [0.2, 0.25) is 0 Å². The van der Waals surface area contributed by atoms with Crippen LogP contribution in [0.15, 0.2) is 85.1 Å². The van der Waals surface area contributed by atoms with Gasteiger partial charge >= 0.3 is 17.9 Å². The molecule has 0 aromatic heterocycles. The molecule has 1 unspecified atom stereocenters. The Morgan fingerprint density at radius 3 is 0.857 bits per heavy atom. The van der Waals surface area contributed by atoms with E-state index < -0.39 is 6.10 Å². The van der Waals surface area contributed by atoms with Gasteiger partial charge in [0.2, 0.25) is 0 Å². The van der Waals surface area contributed by atoms with Crippen LogP contribution in [0.5, 0.6) is 0 Å². The van der Waals surface area contributed by atoms with E-state index in [-0.39, 0.29) is 31.1 Å². The summed E-state index contributed by atoms with van der Waals surface area (Å²) in [6.07, 6.45) is 86.0. The molecule has 0 saturated heterocycles. The molecule has 0 N–H and O–H groups in total. The maximum Gasteiger partial charge on any atom is 0.306 e. The first kappa shape index (κ1) is 73.6. The fourth-order valence-electron chi connectivity index (χ4n) is 9.41. The average Bonchev–Trinajstić information content (AvgIpc) is 3.43. The highest BCUT2D eigenvalue weighted by molar-refractivity contribution is 5.71. The van der Waals surface area contributed by atoms with Crippen LogP contribution in [0.4, 0.5) is 0 Å². The van der Waals surface area contributed by atoms with Crippen LogP contribution in [-0.4, -0.2) is 37.2 Å². The molecule has 0 aliphatic carbocycles. The molecule has 0 radical (unpaired) electrons. The number of carbonyl (C=O) groups is 3. The third-order valence-corrected chi connectivity index (χ3v) is 14.3. The number of carbonyl (C=O) groups excluding carboxylic acids is 3. The third kappa shape index (κ3) is 63.3. The van der Waals surface area contributed by atoms with Gasteiger partial charge in [0.25, 0.3) is 0 Å². The van der Waals surface area contributed by atoms with Crippen molar-refractivity contribution in [1.82, 2.24) is 0 Å². The van der Waals surface area contributed by atoms with Gasteiger partial charge in [0.1, 0.15) is 13.2 Å². The Bertz CT molecular complexity index is 1470. The molecule has 0 spiro atoms. The SMILES string of the molecule is CC/C=C\C/C=C\C/C=C\C/C=C\CCCCCCCCCCCCCCCCCCC(=O)OCC(COC(=O)CCCCCCC/C=C\C/C=C\CCC)OC(=O)CCCCCCCCC/C=C\CCCCCCCC. The molecule has 6 nitrogen and oxygen atoms in total. The number of esters is 3. The molecule has 0 saturated carbocycles. The Balaban J connectivity index is 4.23. The summed E-state index contributed by atoms with van der Waals surface area (Å²) in [7, 11) is 0. The van der Waals surface area contributed by atoms with E-state index in [2.05, 4.69) is 106 Å². The number of hydrogen-bond donors (Lipinski definition) is 0. The molecule has 0 aromatic carbocycles. The monoisotopic (exact) mass is 1070 g/mol. The fourth-order valence-corrected chi connectivity index (χ4v) is 9.41. The first-order valence-corrected chi connectivity index (χ1v) is 33.1. The van der Waals surface area contributed by atoms with Crippen molar-refractivity contribution in [2.24, 2.45) is 0 Å². The predicted molar refractivity (Wildman–Crippen MR) is 334 cm³/mol. The van der Waals surface area contributed by atoms with Crippen molar-refractivity contribution in [3.05, 3.63) is 85.1 Å². The summed E-state index contributed by atoms with van der Waals surface area (Å²) in [4.78, 5) is 38.3. The van der Waals surface area contributed by atoms with Crippen molar-refractivity contribution >= 4 is 17.9 Å². The molecule has 6 heteroatoms. The Labute approximate surface area is 477 Å². The highest BCUT2D eigenvalue weighted by Crippen LogP contribution is 2.17. The Morgan fingerprint density at radius 1 is 0.273 bits per heavy atom. The lowest BCUT2D eigenvalue weighted by Gasteiger charge is -2.18. The van der Waals surface area contributed by atoms with Crippen molar-refractivity contribution in [3.63, 3.8) is 0 Å². The van der Waals surface area contributed by atoms with Gasteiger partial charge in [-0.3, -0.25) is 14.4 Å². The van der Waals surface area contributed by atoms with Gasteiger partial charge < -0.3 is 14.2 Å². The van der Waals surface area contributed by atoms with Crippen LogP contribution < -0.4 is 0 Å². The standard InChI is InChI=1S/C71H124O6/c1-4-7-10-13-16-19-22-25-27-29-30-31-32-33-34-35-36-37-38-39-40-42-43-46-49-52-55-58-61-64-70(73)76-67-68(66-75-69(72)63-60-57-54-51-48-45-24-21-18-15-12-9-6-3)77-71(74)65-62-59-56-53-50-47-44-41-28-26-23-20-17-14-11-8-5-2/h7,10,12,15-16,19,21,24-28,30-31,68H,4-6,8-9,11,13-14,17-18,20,22-23,29,32-67H2,1-3H3/b10-7-,15-12-,19-16-,24-21-,27-25-,28-26-,31-30-. The van der Waals surface area contributed by atoms with Gasteiger partial charge in [-0.15, -0.1) is 0 Å². The summed E-state index contributed by atoms with van der Waals surface area (Å²) in [5.41, 5.74) is 0. The number of unbranched alkanes of at least 4 members (excludes halogenated alkanes) is 35. The maximum absolute atomic E-state index is 12.9. The molecule has 0 aromatic rings. The van der Waals surface area contributed by atoms with Crippen molar-refractivity contribution in [1.29, 1.82) is 0 Å². The van der Waals surface area contributed by atoms with E-state index in [0.29, 0.717) is 19.3 Å². The summed E-state index contributed by atoms with van der Waals surface area (Å²) in [6.45, 7) is 6.48. The molecular formula is C71H124O6.